The first-order valence-electron chi connectivity index (χ1n) is 9.39. The third-order valence-corrected chi connectivity index (χ3v) is 4.96. The van der Waals surface area contributed by atoms with Gasteiger partial charge in [-0.1, -0.05) is 24.3 Å². The number of imidazole rings is 1. The molecule has 2 aromatic heterocycles. The van der Waals surface area contributed by atoms with Gasteiger partial charge in [-0.15, -0.1) is 24.0 Å². The molecule has 0 spiro atoms. The fourth-order valence-electron chi connectivity index (χ4n) is 3.02. The third kappa shape index (κ3) is 6.88. The van der Waals surface area contributed by atoms with Gasteiger partial charge in [0.1, 0.15) is 0 Å². The van der Waals surface area contributed by atoms with E-state index in [1.54, 1.807) is 6.20 Å². The maximum Gasteiger partial charge on any atom is 0.194 e. The van der Waals surface area contributed by atoms with Crippen molar-refractivity contribution in [1.29, 1.82) is 0 Å². The Morgan fingerprint density at radius 3 is 2.55 bits per heavy atom. The summed E-state index contributed by atoms with van der Waals surface area (Å²) in [7, 11) is 4.12. The summed E-state index contributed by atoms with van der Waals surface area (Å²) in [6, 6.07) is 10.7. The number of aliphatic imine (C=N–C) groups is 1. The predicted molar refractivity (Wildman–Crippen MR) is 133 cm³/mol. The number of aryl methyl sites for hydroxylation is 1. The van der Waals surface area contributed by atoms with Gasteiger partial charge in [-0.05, 0) is 40.0 Å². The van der Waals surface area contributed by atoms with E-state index in [1.165, 1.54) is 16.8 Å². The van der Waals surface area contributed by atoms with Gasteiger partial charge in [0.15, 0.2) is 5.96 Å². The first-order chi connectivity index (χ1) is 13.5. The van der Waals surface area contributed by atoms with Gasteiger partial charge in [-0.3, -0.25) is 0 Å². The molecular formula is C21H28BrIN6. The summed E-state index contributed by atoms with van der Waals surface area (Å²) >= 11 is 3.54. The lowest BCUT2D eigenvalue weighted by molar-refractivity contribution is 0.462. The highest BCUT2D eigenvalue weighted by atomic mass is 127. The minimum atomic E-state index is 0. The average Bonchev–Trinajstić information content (AvgIpc) is 3.29. The van der Waals surface area contributed by atoms with Gasteiger partial charge in [0.05, 0.1) is 19.4 Å². The molecule has 0 aliphatic heterocycles. The molecule has 0 aliphatic rings. The number of hydrogen-bond donors (Lipinski definition) is 1. The maximum absolute atomic E-state index is 4.82. The molecule has 0 radical (unpaired) electrons. The summed E-state index contributed by atoms with van der Waals surface area (Å²) in [4.78, 5) is 11.1. The zero-order valence-corrected chi connectivity index (χ0v) is 21.0. The van der Waals surface area contributed by atoms with E-state index in [-0.39, 0.29) is 24.0 Å². The Balaban J connectivity index is 0.00000300. The number of nitrogens with one attached hydrogen (secondary N) is 1. The van der Waals surface area contributed by atoms with Crippen molar-refractivity contribution in [2.45, 2.75) is 26.6 Å². The summed E-state index contributed by atoms with van der Waals surface area (Å²) in [5.74, 6) is 0.905. The van der Waals surface area contributed by atoms with Crippen LogP contribution in [0.3, 0.4) is 0 Å². The van der Waals surface area contributed by atoms with Crippen molar-refractivity contribution in [3.63, 3.8) is 0 Å². The van der Waals surface area contributed by atoms with Crippen LogP contribution < -0.4 is 5.32 Å². The smallest absolute Gasteiger partial charge is 0.194 e. The van der Waals surface area contributed by atoms with Crippen LogP contribution in [0.15, 0.2) is 64.7 Å². The summed E-state index contributed by atoms with van der Waals surface area (Å²) in [5.41, 5.74) is 3.67. The SMILES string of the molecule is CCNC(=NCc1ccc(Cn2ccnc2)cc1)N(C)Cc1cc(Br)cn1C.I. The lowest BCUT2D eigenvalue weighted by Gasteiger charge is -2.22. The lowest BCUT2D eigenvalue weighted by Crippen LogP contribution is -2.38. The summed E-state index contributed by atoms with van der Waals surface area (Å²) in [6.45, 7) is 5.20. The van der Waals surface area contributed by atoms with Gasteiger partial charge < -0.3 is 19.4 Å². The summed E-state index contributed by atoms with van der Waals surface area (Å²) in [6.07, 6.45) is 7.68. The molecule has 0 saturated carbocycles. The van der Waals surface area contributed by atoms with Crippen LogP contribution in [0, 0.1) is 0 Å². The Kier molecular flexibility index (Phi) is 9.22. The third-order valence-electron chi connectivity index (χ3n) is 4.53. The lowest BCUT2D eigenvalue weighted by atomic mass is 10.1. The number of halogens is 2. The number of rotatable bonds is 7. The number of aromatic nitrogens is 3. The number of benzene rings is 1. The van der Waals surface area contributed by atoms with Crippen LogP contribution in [0.1, 0.15) is 23.7 Å². The molecule has 0 unspecified atom stereocenters. The Bertz CT molecular complexity index is 902. The highest BCUT2D eigenvalue weighted by Gasteiger charge is 2.09. The molecule has 3 rings (SSSR count). The fourth-order valence-corrected chi connectivity index (χ4v) is 3.59. The summed E-state index contributed by atoms with van der Waals surface area (Å²) < 4.78 is 5.28. The van der Waals surface area contributed by atoms with Crippen molar-refractivity contribution >= 4 is 45.9 Å². The largest absolute Gasteiger partial charge is 0.357 e. The Morgan fingerprint density at radius 2 is 1.97 bits per heavy atom. The van der Waals surface area contributed by atoms with Gasteiger partial charge in [0, 0.05) is 55.9 Å². The second-order valence-corrected chi connectivity index (χ2v) is 7.75. The first-order valence-corrected chi connectivity index (χ1v) is 10.2. The van der Waals surface area contributed by atoms with E-state index in [0.29, 0.717) is 6.54 Å². The van der Waals surface area contributed by atoms with Gasteiger partial charge in [0.25, 0.3) is 0 Å². The van der Waals surface area contributed by atoms with Crippen LogP contribution in [0.2, 0.25) is 0 Å². The molecule has 3 aromatic rings. The second-order valence-electron chi connectivity index (χ2n) is 6.84. The van der Waals surface area contributed by atoms with E-state index in [1.807, 2.05) is 12.5 Å². The minimum Gasteiger partial charge on any atom is -0.357 e. The molecule has 0 fully saturated rings. The van der Waals surface area contributed by atoms with Crippen molar-refractivity contribution in [2.24, 2.45) is 12.0 Å². The molecule has 0 amide bonds. The standard InChI is InChI=1S/C21H27BrN6.HI/c1-4-24-21(27(3)15-20-11-19(22)14-26(20)2)25-12-17-5-7-18(8-6-17)13-28-10-9-23-16-28;/h5-11,14,16H,4,12-13,15H2,1-3H3,(H,24,25);1H. The molecule has 8 heteroatoms. The molecular weight excluding hydrogens is 543 g/mol. The van der Waals surface area contributed by atoms with E-state index in [9.17, 15) is 0 Å². The van der Waals surface area contributed by atoms with Gasteiger partial charge in [0.2, 0.25) is 0 Å². The molecule has 156 valence electrons. The zero-order valence-electron chi connectivity index (χ0n) is 17.0. The van der Waals surface area contributed by atoms with Gasteiger partial charge >= 0.3 is 0 Å². The molecule has 1 N–H and O–H groups in total. The van der Waals surface area contributed by atoms with Crippen LogP contribution in [0.25, 0.3) is 0 Å². The number of hydrogen-bond acceptors (Lipinski definition) is 2. The van der Waals surface area contributed by atoms with Crippen LogP contribution >= 0.6 is 39.9 Å². The van der Waals surface area contributed by atoms with Crippen LogP contribution in [0.4, 0.5) is 0 Å². The Labute approximate surface area is 198 Å². The van der Waals surface area contributed by atoms with E-state index in [4.69, 9.17) is 4.99 Å². The van der Waals surface area contributed by atoms with Crippen LogP contribution in [-0.2, 0) is 26.7 Å². The first kappa shape index (κ1) is 23.5. The van der Waals surface area contributed by atoms with E-state index in [2.05, 4.69) is 97.8 Å². The number of nitrogens with zero attached hydrogens (tertiary/aromatic N) is 5. The van der Waals surface area contributed by atoms with Crippen molar-refractivity contribution < 1.29 is 0 Å². The second kappa shape index (κ2) is 11.4. The molecule has 0 saturated heterocycles. The van der Waals surface area contributed by atoms with Crippen molar-refractivity contribution in [1.82, 2.24) is 24.3 Å². The van der Waals surface area contributed by atoms with Crippen molar-refractivity contribution in [3.05, 3.63) is 76.5 Å². The topological polar surface area (TPSA) is 50.4 Å². The minimum absolute atomic E-state index is 0. The quantitative estimate of drug-likeness (QED) is 0.262. The van der Waals surface area contributed by atoms with Gasteiger partial charge in [-0.25, -0.2) is 9.98 Å². The molecule has 1 aromatic carbocycles. The maximum atomic E-state index is 4.82. The average molecular weight is 571 g/mol. The van der Waals surface area contributed by atoms with Crippen LogP contribution in [-0.4, -0.2) is 38.6 Å². The Hall–Kier alpha value is -1.81. The molecule has 0 atom stereocenters. The molecule has 0 bridgehead atoms. The normalized spacial score (nSPS) is 11.2. The highest BCUT2D eigenvalue weighted by molar-refractivity contribution is 14.0. The highest BCUT2D eigenvalue weighted by Crippen LogP contribution is 2.15. The van der Waals surface area contributed by atoms with E-state index < -0.39 is 0 Å². The van der Waals surface area contributed by atoms with Crippen molar-refractivity contribution in [2.75, 3.05) is 13.6 Å². The zero-order chi connectivity index (χ0) is 19.9. The molecule has 2 heterocycles. The van der Waals surface area contributed by atoms with Gasteiger partial charge in [-0.2, -0.15) is 0 Å². The van der Waals surface area contributed by atoms with Crippen molar-refractivity contribution in [3.8, 4) is 0 Å². The monoisotopic (exact) mass is 570 g/mol. The molecule has 0 aliphatic carbocycles. The Morgan fingerprint density at radius 1 is 1.24 bits per heavy atom. The van der Waals surface area contributed by atoms with E-state index in [0.717, 1.165) is 30.1 Å². The number of guanidine groups is 1. The summed E-state index contributed by atoms with van der Waals surface area (Å²) in [5, 5.41) is 3.38. The predicted octanol–water partition coefficient (Wildman–Crippen LogP) is 4.25. The van der Waals surface area contributed by atoms with Crippen LogP contribution in [0.5, 0.6) is 0 Å². The fraction of sp³-hybridized carbons (Fsp3) is 0.333. The molecule has 6 nitrogen and oxygen atoms in total. The van der Waals surface area contributed by atoms with E-state index >= 15 is 0 Å². The molecule has 29 heavy (non-hydrogen) atoms.